The number of nitrogens with one attached hydrogen (secondary N) is 3. The lowest BCUT2D eigenvalue weighted by molar-refractivity contribution is -0.120. The maximum absolute atomic E-state index is 13.7. The number of pyridine rings is 2. The Bertz CT molecular complexity index is 2950. The van der Waals surface area contributed by atoms with E-state index in [1.807, 2.05) is 36.4 Å². The number of ketones is 1. The third-order valence-corrected chi connectivity index (χ3v) is 13.1. The molecule has 0 unspecified atom stereocenters. The Hall–Kier alpha value is -5.79. The Morgan fingerprint density at radius 2 is 1.50 bits per heavy atom. The van der Waals surface area contributed by atoms with Crippen molar-refractivity contribution < 1.29 is 14.3 Å². The molecule has 1 amide bonds. The van der Waals surface area contributed by atoms with E-state index in [9.17, 15) is 19.2 Å². The number of rotatable bonds is 14. The van der Waals surface area contributed by atoms with Crippen LogP contribution in [0, 0.1) is 5.92 Å². The summed E-state index contributed by atoms with van der Waals surface area (Å²) < 4.78 is 9.47. The first-order valence-electron chi connectivity index (χ1n) is 20.9. The molecule has 64 heavy (non-hydrogen) atoms. The van der Waals surface area contributed by atoms with Gasteiger partial charge in [0.05, 0.1) is 29.3 Å². The maximum Gasteiger partial charge on any atom is 0.293 e. The van der Waals surface area contributed by atoms with Gasteiger partial charge >= 0.3 is 0 Å². The molecule has 2 aliphatic rings. The number of aryl methyl sites for hydroxylation is 2. The van der Waals surface area contributed by atoms with Crippen LogP contribution in [-0.2, 0) is 30.1 Å². The number of hydrogen-bond acceptors (Lipinski definition) is 13. The number of amides is 1. The molecule has 4 aromatic heterocycles. The molecule has 6 aromatic rings. The van der Waals surface area contributed by atoms with E-state index >= 15 is 0 Å². The van der Waals surface area contributed by atoms with Gasteiger partial charge in [0, 0.05) is 85.0 Å². The molecule has 16 nitrogen and oxygen atoms in total. The smallest absolute Gasteiger partial charge is 0.293 e. The molecular weight excluding hydrogens is 972 g/mol. The number of nitrogens with zero attached hydrogens (tertiary/aromatic N) is 8. The van der Waals surface area contributed by atoms with Crippen LogP contribution in [0.1, 0.15) is 37.4 Å². The third kappa shape index (κ3) is 9.66. The van der Waals surface area contributed by atoms with Gasteiger partial charge in [-0.1, -0.05) is 59.1 Å². The molecule has 2 aromatic carbocycles. The molecule has 332 valence electrons. The normalized spacial score (nSPS) is 14.6. The summed E-state index contributed by atoms with van der Waals surface area (Å²) in [6, 6.07) is 14.3. The monoisotopic (exact) mass is 1020 g/mol. The second-order valence-electron chi connectivity index (χ2n) is 15.9. The van der Waals surface area contributed by atoms with Crippen LogP contribution in [0.25, 0.3) is 27.9 Å². The Kier molecular flexibility index (Phi) is 13.4. The number of alkyl halides is 1. The fourth-order valence-corrected chi connectivity index (χ4v) is 9.09. The largest absolute Gasteiger partial charge is 0.480 e. The highest BCUT2D eigenvalue weighted by atomic mass is 127. The molecule has 0 radical (unpaired) electrons. The van der Waals surface area contributed by atoms with Gasteiger partial charge in [0.15, 0.2) is 23.2 Å². The number of hydrogen-bond donors (Lipinski definition) is 3. The summed E-state index contributed by atoms with van der Waals surface area (Å²) in [5.41, 5.74) is 2.65. The van der Waals surface area contributed by atoms with Crippen molar-refractivity contribution >= 4 is 120 Å². The van der Waals surface area contributed by atoms with Gasteiger partial charge in [-0.2, -0.15) is 9.97 Å². The zero-order valence-corrected chi connectivity index (χ0v) is 39.3. The van der Waals surface area contributed by atoms with Crippen molar-refractivity contribution in [2.75, 3.05) is 60.3 Å². The van der Waals surface area contributed by atoms with Gasteiger partial charge in [-0.25, -0.2) is 9.97 Å². The van der Waals surface area contributed by atoms with E-state index in [0.29, 0.717) is 77.4 Å². The van der Waals surface area contributed by atoms with Gasteiger partial charge in [-0.3, -0.25) is 19.2 Å². The zero-order valence-electron chi connectivity index (χ0n) is 35.6. The standard InChI is InChI=1S/C45H46Cl2IN11O5/c1-5-25-12-14-58(15-13-25)45-53-34(39(47)41(55-45)52-31-8-9-35-27(17-31)16-26(42(62)56(35)3)6-11-38(61)49-2)20-32(60)24-64-37-19-28-18-30(7-10-36(28)57(4)43(37)63)51-40-33(46)21-50-44(54-40)59-22-29(48)23-59/h6-11,16-19,21,25,29H,5,12-15,20,22-24H2,1-4H3,(H,49,61)(H,50,51,54)(H,52,53,55)/b11-6+. The summed E-state index contributed by atoms with van der Waals surface area (Å²) in [6.45, 7) is 5.01. The molecule has 8 rings (SSSR count). The summed E-state index contributed by atoms with van der Waals surface area (Å²) in [4.78, 5) is 75.0. The van der Waals surface area contributed by atoms with E-state index in [-0.39, 0.29) is 34.4 Å². The highest BCUT2D eigenvalue weighted by Crippen LogP contribution is 2.33. The molecule has 0 saturated carbocycles. The molecule has 2 fully saturated rings. The number of carbonyl (C=O) groups excluding carboxylic acids is 2. The van der Waals surface area contributed by atoms with Crippen molar-refractivity contribution in [2.24, 2.45) is 20.0 Å². The predicted molar refractivity (Wildman–Crippen MR) is 262 cm³/mol. The Labute approximate surface area is 392 Å². The van der Waals surface area contributed by atoms with Crippen LogP contribution >= 0.6 is 45.8 Å². The molecule has 0 aliphatic carbocycles. The molecule has 6 heterocycles. The molecule has 0 bridgehead atoms. The summed E-state index contributed by atoms with van der Waals surface area (Å²) >= 11 is 15.9. The van der Waals surface area contributed by atoms with Gasteiger partial charge in [-0.15, -0.1) is 0 Å². The quantitative estimate of drug-likeness (QED) is 0.0579. The van der Waals surface area contributed by atoms with Gasteiger partial charge in [0.2, 0.25) is 17.8 Å². The van der Waals surface area contributed by atoms with Crippen LogP contribution in [0.15, 0.2) is 70.4 Å². The number of halogens is 3. The maximum atomic E-state index is 13.7. The van der Waals surface area contributed by atoms with E-state index < -0.39 is 12.2 Å². The number of piperidine rings is 1. The summed E-state index contributed by atoms with van der Waals surface area (Å²) in [7, 11) is 4.83. The van der Waals surface area contributed by atoms with Crippen LogP contribution in [0.5, 0.6) is 5.75 Å². The van der Waals surface area contributed by atoms with Crippen molar-refractivity contribution in [2.45, 2.75) is 36.5 Å². The number of likely N-dealkylation sites (N-methyl/N-ethyl adjacent to an activating group) is 1. The second kappa shape index (κ2) is 19.1. The lowest BCUT2D eigenvalue weighted by atomic mass is 9.95. The van der Waals surface area contributed by atoms with E-state index in [4.69, 9.17) is 37.9 Å². The molecule has 2 saturated heterocycles. The number of aromatic nitrogens is 6. The lowest BCUT2D eigenvalue weighted by Crippen LogP contribution is -2.48. The minimum Gasteiger partial charge on any atom is -0.480 e. The highest BCUT2D eigenvalue weighted by molar-refractivity contribution is 14.1. The van der Waals surface area contributed by atoms with Crippen molar-refractivity contribution in [1.29, 1.82) is 0 Å². The Balaban J connectivity index is 1.03. The van der Waals surface area contributed by atoms with Crippen molar-refractivity contribution in [3.63, 3.8) is 0 Å². The third-order valence-electron chi connectivity index (χ3n) is 11.6. The lowest BCUT2D eigenvalue weighted by Gasteiger charge is -2.35. The molecule has 0 atom stereocenters. The fourth-order valence-electron chi connectivity index (χ4n) is 7.81. The summed E-state index contributed by atoms with van der Waals surface area (Å²) in [5, 5.41) is 11.1. The average molecular weight is 1020 g/mol. The average Bonchev–Trinajstić information content (AvgIpc) is 3.28. The number of anilines is 6. The Morgan fingerprint density at radius 3 is 2.16 bits per heavy atom. The Morgan fingerprint density at radius 1 is 0.859 bits per heavy atom. The molecule has 3 N–H and O–H groups in total. The van der Waals surface area contributed by atoms with Crippen molar-refractivity contribution in [1.82, 2.24) is 34.4 Å². The molecule has 0 spiro atoms. The summed E-state index contributed by atoms with van der Waals surface area (Å²) in [6.07, 6.45) is 7.24. The SMILES string of the molecule is CCC1CCN(c2nc(CC(=O)COc3cc4cc(Nc5nc(N6CC(I)C6)ncc5Cl)ccc4n(C)c3=O)c(Cl)c(Nc3ccc4c(c3)cc(/C=C/C(=O)NC)c(=O)n4C)n2)CC1. The molecule has 19 heteroatoms. The van der Waals surface area contributed by atoms with Gasteiger partial charge in [0.25, 0.3) is 11.1 Å². The number of benzene rings is 2. The first-order valence-corrected chi connectivity index (χ1v) is 22.9. The minimum atomic E-state index is -0.410. The van der Waals surface area contributed by atoms with Crippen LogP contribution in [0.4, 0.5) is 34.9 Å². The number of fused-ring (bicyclic) bond motifs is 2. The second-order valence-corrected chi connectivity index (χ2v) is 18.5. The van der Waals surface area contributed by atoms with E-state index in [1.165, 1.54) is 28.3 Å². The molecule has 2 aliphatic heterocycles. The zero-order chi connectivity index (χ0) is 45.2. The van der Waals surface area contributed by atoms with E-state index in [0.717, 1.165) is 50.8 Å². The first kappa shape index (κ1) is 44.8. The minimum absolute atomic E-state index is 0.00528. The van der Waals surface area contributed by atoms with Crippen LogP contribution in [-0.4, -0.2) is 84.5 Å². The number of Topliss-reactive ketones (excluding diaryl/α,β-unsaturated/α-hetero) is 1. The topological polar surface area (TPSA) is 182 Å². The van der Waals surface area contributed by atoms with Crippen LogP contribution < -0.4 is 41.6 Å². The fraction of sp³-hybridized carbons (Fsp3) is 0.333. The van der Waals surface area contributed by atoms with E-state index in [1.54, 1.807) is 32.4 Å². The van der Waals surface area contributed by atoms with Crippen LogP contribution in [0.2, 0.25) is 10.0 Å². The van der Waals surface area contributed by atoms with Crippen molar-refractivity contribution in [3.8, 4) is 5.75 Å². The highest BCUT2D eigenvalue weighted by Gasteiger charge is 2.27. The van der Waals surface area contributed by atoms with Crippen LogP contribution in [0.3, 0.4) is 0 Å². The first-order chi connectivity index (χ1) is 30.8. The number of ether oxygens (including phenoxy) is 1. The number of carbonyl (C=O) groups is 2. The van der Waals surface area contributed by atoms with Gasteiger partial charge < -0.3 is 39.6 Å². The summed E-state index contributed by atoms with van der Waals surface area (Å²) in [5.74, 6) is 1.73. The van der Waals surface area contributed by atoms with Gasteiger partial charge in [-0.05, 0) is 73.4 Å². The molecular formula is C45H46Cl2IN11O5. The predicted octanol–water partition coefficient (Wildman–Crippen LogP) is 6.96. The van der Waals surface area contributed by atoms with E-state index in [2.05, 4.69) is 65.2 Å². The van der Waals surface area contributed by atoms with Crippen molar-refractivity contribution in [3.05, 3.63) is 103 Å². The van der Waals surface area contributed by atoms with Gasteiger partial charge in [0.1, 0.15) is 16.7 Å².